The summed E-state index contributed by atoms with van der Waals surface area (Å²) in [6.07, 6.45) is -0.463. The number of nitrogens with zero attached hydrogens (tertiary/aromatic N) is 2. The summed E-state index contributed by atoms with van der Waals surface area (Å²) < 4.78 is 25.6. The summed E-state index contributed by atoms with van der Waals surface area (Å²) in [7, 11) is -3.91. The Labute approximate surface area is 145 Å². The van der Waals surface area contributed by atoms with Crippen molar-refractivity contribution in [3.05, 3.63) is 29.8 Å². The zero-order valence-corrected chi connectivity index (χ0v) is 14.4. The van der Waals surface area contributed by atoms with E-state index in [-0.39, 0.29) is 48.4 Å². The maximum Gasteiger partial charge on any atom is 0.269 e. The lowest BCUT2D eigenvalue weighted by Crippen LogP contribution is -2.48. The second-order valence-electron chi connectivity index (χ2n) is 6.27. The van der Waals surface area contributed by atoms with Crippen molar-refractivity contribution in [2.24, 2.45) is 5.92 Å². The molecule has 25 heavy (non-hydrogen) atoms. The minimum Gasteiger partial charge on any atom is -0.396 e. The fourth-order valence-corrected chi connectivity index (χ4v) is 4.80. The van der Waals surface area contributed by atoms with Crippen molar-refractivity contribution in [2.45, 2.75) is 23.8 Å². The lowest BCUT2D eigenvalue weighted by Gasteiger charge is -2.35. The van der Waals surface area contributed by atoms with Crippen molar-refractivity contribution in [2.75, 3.05) is 26.2 Å². The number of sulfonamides is 1. The van der Waals surface area contributed by atoms with E-state index in [2.05, 4.69) is 0 Å². The molecule has 0 radical (unpaired) electrons. The number of aliphatic hydroxyl groups is 2. The normalized spacial score (nSPS) is 25.1. The van der Waals surface area contributed by atoms with Crippen molar-refractivity contribution in [1.82, 2.24) is 9.21 Å². The van der Waals surface area contributed by atoms with Crippen LogP contribution in [0.4, 0.5) is 0 Å². The molecule has 3 rings (SSSR count). The second-order valence-corrected chi connectivity index (χ2v) is 8.10. The van der Waals surface area contributed by atoms with E-state index < -0.39 is 22.0 Å². The summed E-state index contributed by atoms with van der Waals surface area (Å²) >= 11 is 0. The third-order valence-electron chi connectivity index (χ3n) is 4.75. The summed E-state index contributed by atoms with van der Waals surface area (Å²) in [5, 5.41) is 19.0. The SMILES string of the molecule is O=C(CCN1C(=O)c2ccccc2S1(=O)=O)N1CC[C@H](CO)[C@H](O)C1. The highest BCUT2D eigenvalue weighted by Crippen LogP contribution is 2.30. The molecule has 2 heterocycles. The zero-order valence-electron chi connectivity index (χ0n) is 13.5. The van der Waals surface area contributed by atoms with Gasteiger partial charge in [-0.2, -0.15) is 0 Å². The highest BCUT2D eigenvalue weighted by molar-refractivity contribution is 7.90. The Morgan fingerprint density at radius 1 is 1.28 bits per heavy atom. The molecule has 1 aromatic carbocycles. The second kappa shape index (κ2) is 6.74. The molecule has 0 saturated carbocycles. The number of β-amino-alcohol motifs (C(OH)–C–C–N with tert-alkyl or cyclic N) is 1. The molecule has 1 saturated heterocycles. The van der Waals surface area contributed by atoms with Crippen molar-refractivity contribution in [3.8, 4) is 0 Å². The minimum atomic E-state index is -3.91. The number of carbonyl (C=O) groups excluding carboxylic acids is 2. The van der Waals surface area contributed by atoms with Crippen molar-refractivity contribution < 1.29 is 28.2 Å². The van der Waals surface area contributed by atoms with Crippen molar-refractivity contribution in [3.63, 3.8) is 0 Å². The number of fused-ring (bicyclic) bond motifs is 1. The fraction of sp³-hybridized carbons (Fsp3) is 0.500. The number of amides is 2. The summed E-state index contributed by atoms with van der Waals surface area (Å²) in [6.45, 7) is 0.125. The maximum absolute atomic E-state index is 12.4. The third kappa shape index (κ3) is 3.14. The predicted octanol–water partition coefficient (Wildman–Crippen LogP) is -0.577. The van der Waals surface area contributed by atoms with Gasteiger partial charge in [0.05, 0.1) is 11.7 Å². The summed E-state index contributed by atoms with van der Waals surface area (Å²) in [6, 6.07) is 5.96. The number of likely N-dealkylation sites (tertiary alicyclic amines) is 1. The van der Waals surface area contributed by atoms with Crippen LogP contribution >= 0.6 is 0 Å². The molecule has 2 aliphatic rings. The Morgan fingerprint density at radius 3 is 2.64 bits per heavy atom. The molecule has 136 valence electrons. The number of benzene rings is 1. The minimum absolute atomic E-state index is 0.0355. The predicted molar refractivity (Wildman–Crippen MR) is 87.1 cm³/mol. The van der Waals surface area contributed by atoms with Gasteiger partial charge in [0.2, 0.25) is 5.91 Å². The lowest BCUT2D eigenvalue weighted by molar-refractivity contribution is -0.136. The molecular formula is C16H20N2O6S. The highest BCUT2D eigenvalue weighted by Gasteiger charge is 2.41. The molecule has 0 aliphatic carbocycles. The van der Waals surface area contributed by atoms with Gasteiger partial charge >= 0.3 is 0 Å². The maximum atomic E-state index is 12.4. The first-order chi connectivity index (χ1) is 11.9. The van der Waals surface area contributed by atoms with Gasteiger partial charge in [-0.05, 0) is 18.6 Å². The first-order valence-corrected chi connectivity index (χ1v) is 9.53. The van der Waals surface area contributed by atoms with E-state index in [1.807, 2.05) is 0 Å². The van der Waals surface area contributed by atoms with Crippen molar-refractivity contribution in [1.29, 1.82) is 0 Å². The highest BCUT2D eigenvalue weighted by atomic mass is 32.2. The first-order valence-electron chi connectivity index (χ1n) is 8.09. The summed E-state index contributed by atoms with van der Waals surface area (Å²) in [5.74, 6) is -1.20. The Balaban J connectivity index is 1.65. The van der Waals surface area contributed by atoms with E-state index in [4.69, 9.17) is 5.11 Å². The topological polar surface area (TPSA) is 115 Å². The molecule has 0 aromatic heterocycles. The van der Waals surface area contributed by atoms with Gasteiger partial charge < -0.3 is 15.1 Å². The van der Waals surface area contributed by atoms with Gasteiger partial charge in [0.25, 0.3) is 15.9 Å². The van der Waals surface area contributed by atoms with Gasteiger partial charge in [-0.3, -0.25) is 9.59 Å². The average Bonchev–Trinajstić information content (AvgIpc) is 2.79. The molecular weight excluding hydrogens is 348 g/mol. The van der Waals surface area contributed by atoms with Crippen LogP contribution in [0.1, 0.15) is 23.2 Å². The average molecular weight is 368 g/mol. The van der Waals surface area contributed by atoms with Gasteiger partial charge in [0, 0.05) is 38.6 Å². The Morgan fingerprint density at radius 2 is 2.00 bits per heavy atom. The lowest BCUT2D eigenvalue weighted by atomic mass is 9.94. The van der Waals surface area contributed by atoms with Crippen LogP contribution < -0.4 is 0 Å². The molecule has 8 nitrogen and oxygen atoms in total. The number of piperidine rings is 1. The summed E-state index contributed by atoms with van der Waals surface area (Å²) in [5.41, 5.74) is 0.120. The molecule has 2 N–H and O–H groups in total. The number of hydrogen-bond donors (Lipinski definition) is 2. The van der Waals surface area contributed by atoms with Crippen LogP contribution in [0, 0.1) is 5.92 Å². The Kier molecular flexibility index (Phi) is 4.81. The van der Waals surface area contributed by atoms with Crippen LogP contribution in [-0.4, -0.2) is 72.0 Å². The van der Waals surface area contributed by atoms with Crippen LogP contribution in [0.2, 0.25) is 0 Å². The van der Waals surface area contributed by atoms with Gasteiger partial charge in [-0.1, -0.05) is 12.1 Å². The van der Waals surface area contributed by atoms with E-state index in [1.54, 1.807) is 12.1 Å². The van der Waals surface area contributed by atoms with Gasteiger partial charge in [0.15, 0.2) is 0 Å². The van der Waals surface area contributed by atoms with Crippen LogP contribution in [0.5, 0.6) is 0 Å². The molecule has 2 atom stereocenters. The zero-order chi connectivity index (χ0) is 18.2. The monoisotopic (exact) mass is 368 g/mol. The third-order valence-corrected chi connectivity index (χ3v) is 6.59. The number of rotatable bonds is 4. The van der Waals surface area contributed by atoms with Crippen LogP contribution in [0.25, 0.3) is 0 Å². The quantitative estimate of drug-likeness (QED) is 0.735. The van der Waals surface area contributed by atoms with Gasteiger partial charge in [0.1, 0.15) is 4.90 Å². The van der Waals surface area contributed by atoms with Crippen LogP contribution in [0.3, 0.4) is 0 Å². The van der Waals surface area contributed by atoms with Gasteiger partial charge in [-0.15, -0.1) is 0 Å². The van der Waals surface area contributed by atoms with Crippen LogP contribution in [-0.2, 0) is 14.8 Å². The van der Waals surface area contributed by atoms with Crippen molar-refractivity contribution >= 4 is 21.8 Å². The number of carbonyl (C=O) groups is 2. The van der Waals surface area contributed by atoms with E-state index in [0.717, 1.165) is 4.31 Å². The first kappa shape index (κ1) is 17.8. The molecule has 2 aliphatic heterocycles. The Bertz CT molecular complexity index is 794. The fourth-order valence-electron chi connectivity index (χ4n) is 3.23. The number of hydrogen-bond acceptors (Lipinski definition) is 6. The molecule has 0 bridgehead atoms. The standard InChI is InChI=1S/C16H20N2O6S/c19-10-11-5-7-17(9-13(11)20)15(21)6-8-18-16(22)12-3-1-2-4-14(12)25(18,23)24/h1-4,11,13,19-20H,5-10H2/t11-,13-/m1/s1. The van der Waals surface area contributed by atoms with E-state index >= 15 is 0 Å². The van der Waals surface area contributed by atoms with E-state index in [9.17, 15) is 23.1 Å². The molecule has 0 spiro atoms. The van der Waals surface area contributed by atoms with E-state index in [1.165, 1.54) is 17.0 Å². The molecule has 2 amide bonds. The molecule has 1 aromatic rings. The largest absolute Gasteiger partial charge is 0.396 e. The van der Waals surface area contributed by atoms with E-state index in [0.29, 0.717) is 13.0 Å². The van der Waals surface area contributed by atoms with Gasteiger partial charge in [-0.25, -0.2) is 12.7 Å². The smallest absolute Gasteiger partial charge is 0.269 e. The Hall–Kier alpha value is -1.97. The molecule has 0 unspecified atom stereocenters. The van der Waals surface area contributed by atoms with Crippen LogP contribution in [0.15, 0.2) is 29.2 Å². The number of aliphatic hydroxyl groups excluding tert-OH is 2. The summed E-state index contributed by atoms with van der Waals surface area (Å²) in [4.78, 5) is 26.0. The molecule has 9 heteroatoms. The molecule has 1 fully saturated rings.